The van der Waals surface area contributed by atoms with Crippen molar-refractivity contribution < 1.29 is 9.53 Å². The number of rotatable bonds is 5. The molecular weight excluding hydrogens is 332 g/mol. The summed E-state index contributed by atoms with van der Waals surface area (Å²) in [5.41, 5.74) is 1.08. The van der Waals surface area contributed by atoms with Crippen molar-refractivity contribution in [1.82, 2.24) is 10.2 Å². The van der Waals surface area contributed by atoms with Crippen LogP contribution in [0.4, 0.5) is 0 Å². The standard InChI is InChI=1S/C17H19ClN2O2S/c18-14-3-1-13(2-4-14)15-5-6-16(23-15)17(21)19-7-8-20-9-11-22-12-10-20/h1-6H,7-12H2,(H,19,21). The van der Waals surface area contributed by atoms with E-state index in [2.05, 4.69) is 10.2 Å². The molecule has 0 saturated carbocycles. The first-order valence-corrected chi connectivity index (χ1v) is 8.86. The van der Waals surface area contributed by atoms with Crippen LogP contribution >= 0.6 is 22.9 Å². The minimum atomic E-state index is -0.0107. The lowest BCUT2D eigenvalue weighted by atomic mass is 10.2. The summed E-state index contributed by atoms with van der Waals surface area (Å²) in [6.45, 7) is 4.97. The largest absolute Gasteiger partial charge is 0.379 e. The van der Waals surface area contributed by atoms with E-state index in [1.807, 2.05) is 36.4 Å². The first-order chi connectivity index (χ1) is 11.2. The third-order valence-electron chi connectivity index (χ3n) is 3.78. The number of carbonyl (C=O) groups is 1. The van der Waals surface area contributed by atoms with Gasteiger partial charge in [0.25, 0.3) is 5.91 Å². The fourth-order valence-corrected chi connectivity index (χ4v) is 3.52. The topological polar surface area (TPSA) is 41.6 Å². The van der Waals surface area contributed by atoms with Gasteiger partial charge in [-0.3, -0.25) is 9.69 Å². The van der Waals surface area contributed by atoms with Gasteiger partial charge in [0.2, 0.25) is 0 Å². The second-order valence-corrected chi connectivity index (χ2v) is 6.90. The van der Waals surface area contributed by atoms with Gasteiger partial charge in [0.1, 0.15) is 0 Å². The molecule has 1 aromatic heterocycles. The summed E-state index contributed by atoms with van der Waals surface area (Å²) >= 11 is 7.40. The SMILES string of the molecule is O=C(NCCN1CCOCC1)c1ccc(-c2ccc(Cl)cc2)s1. The summed E-state index contributed by atoms with van der Waals surface area (Å²) in [4.78, 5) is 16.3. The number of carbonyl (C=O) groups excluding carboxylic acids is 1. The van der Waals surface area contributed by atoms with E-state index in [-0.39, 0.29) is 5.91 Å². The molecule has 23 heavy (non-hydrogen) atoms. The average Bonchev–Trinajstić information content (AvgIpc) is 3.06. The van der Waals surface area contributed by atoms with Crippen molar-refractivity contribution in [3.8, 4) is 10.4 Å². The molecule has 0 unspecified atom stereocenters. The Morgan fingerprint density at radius 2 is 1.91 bits per heavy atom. The lowest BCUT2D eigenvalue weighted by Gasteiger charge is -2.26. The molecule has 0 aliphatic carbocycles. The molecule has 4 nitrogen and oxygen atoms in total. The quantitative estimate of drug-likeness (QED) is 0.900. The maximum Gasteiger partial charge on any atom is 0.261 e. The highest BCUT2D eigenvalue weighted by molar-refractivity contribution is 7.17. The van der Waals surface area contributed by atoms with Crippen molar-refractivity contribution in [3.05, 3.63) is 46.3 Å². The molecule has 2 aromatic rings. The van der Waals surface area contributed by atoms with E-state index in [1.54, 1.807) is 0 Å². The van der Waals surface area contributed by atoms with E-state index in [0.29, 0.717) is 11.6 Å². The number of benzene rings is 1. The first kappa shape index (κ1) is 16.5. The molecular formula is C17H19ClN2O2S. The fourth-order valence-electron chi connectivity index (χ4n) is 2.47. The molecule has 1 saturated heterocycles. The summed E-state index contributed by atoms with van der Waals surface area (Å²) in [5.74, 6) is -0.0107. The second kappa shape index (κ2) is 7.93. The van der Waals surface area contributed by atoms with Gasteiger partial charge in [-0.2, -0.15) is 0 Å². The summed E-state index contributed by atoms with van der Waals surface area (Å²) in [5, 5.41) is 3.70. The molecule has 1 fully saturated rings. The molecule has 0 radical (unpaired) electrons. The molecule has 1 aromatic carbocycles. The summed E-state index contributed by atoms with van der Waals surface area (Å²) in [6, 6.07) is 11.5. The third kappa shape index (κ3) is 4.54. The van der Waals surface area contributed by atoms with Gasteiger partial charge < -0.3 is 10.1 Å². The fraction of sp³-hybridized carbons (Fsp3) is 0.353. The highest BCUT2D eigenvalue weighted by Crippen LogP contribution is 2.28. The lowest BCUT2D eigenvalue weighted by molar-refractivity contribution is 0.0383. The second-order valence-electron chi connectivity index (χ2n) is 5.38. The summed E-state index contributed by atoms with van der Waals surface area (Å²) in [7, 11) is 0. The summed E-state index contributed by atoms with van der Waals surface area (Å²) < 4.78 is 5.31. The van der Waals surface area contributed by atoms with Crippen molar-refractivity contribution in [2.75, 3.05) is 39.4 Å². The van der Waals surface area contributed by atoms with Gasteiger partial charge in [-0.05, 0) is 29.8 Å². The van der Waals surface area contributed by atoms with Gasteiger partial charge in [0, 0.05) is 36.1 Å². The number of nitrogens with zero attached hydrogens (tertiary/aromatic N) is 1. The predicted octanol–water partition coefficient (Wildman–Crippen LogP) is 3.13. The van der Waals surface area contributed by atoms with Crippen molar-refractivity contribution in [2.45, 2.75) is 0 Å². The number of morpholine rings is 1. The number of hydrogen-bond acceptors (Lipinski definition) is 4. The van der Waals surface area contributed by atoms with E-state index in [1.165, 1.54) is 11.3 Å². The van der Waals surface area contributed by atoms with Gasteiger partial charge in [0.15, 0.2) is 0 Å². The van der Waals surface area contributed by atoms with Crippen molar-refractivity contribution >= 4 is 28.8 Å². The number of halogens is 1. The highest BCUT2D eigenvalue weighted by atomic mass is 35.5. The Morgan fingerprint density at radius 1 is 1.17 bits per heavy atom. The van der Waals surface area contributed by atoms with E-state index in [0.717, 1.165) is 48.2 Å². The van der Waals surface area contributed by atoms with Crippen LogP contribution in [-0.4, -0.2) is 50.2 Å². The van der Waals surface area contributed by atoms with Crippen LogP contribution in [0.25, 0.3) is 10.4 Å². The van der Waals surface area contributed by atoms with Crippen LogP contribution in [0.3, 0.4) is 0 Å². The normalized spacial score (nSPS) is 15.5. The molecule has 1 aliphatic heterocycles. The van der Waals surface area contributed by atoms with Crippen LogP contribution in [0.5, 0.6) is 0 Å². The Balaban J connectivity index is 1.52. The van der Waals surface area contributed by atoms with Gasteiger partial charge in [-0.1, -0.05) is 23.7 Å². The zero-order chi connectivity index (χ0) is 16.1. The molecule has 6 heteroatoms. The Bertz CT molecular complexity index is 651. The van der Waals surface area contributed by atoms with Crippen LogP contribution in [0, 0.1) is 0 Å². The number of thiophene rings is 1. The van der Waals surface area contributed by atoms with Gasteiger partial charge in [-0.25, -0.2) is 0 Å². The molecule has 1 N–H and O–H groups in total. The minimum absolute atomic E-state index is 0.0107. The van der Waals surface area contributed by atoms with Crippen LogP contribution in [-0.2, 0) is 4.74 Å². The highest BCUT2D eigenvalue weighted by Gasteiger charge is 2.12. The van der Waals surface area contributed by atoms with Crippen LogP contribution in [0.2, 0.25) is 5.02 Å². The van der Waals surface area contributed by atoms with Crippen LogP contribution in [0.15, 0.2) is 36.4 Å². The Morgan fingerprint density at radius 3 is 2.65 bits per heavy atom. The van der Waals surface area contributed by atoms with Crippen molar-refractivity contribution in [3.63, 3.8) is 0 Å². The number of amides is 1. The Kier molecular flexibility index (Phi) is 5.67. The van der Waals surface area contributed by atoms with Gasteiger partial charge in [0.05, 0.1) is 18.1 Å². The molecule has 1 amide bonds. The molecule has 1 aliphatic rings. The molecule has 0 spiro atoms. The smallest absolute Gasteiger partial charge is 0.261 e. The van der Waals surface area contributed by atoms with E-state index < -0.39 is 0 Å². The first-order valence-electron chi connectivity index (χ1n) is 7.66. The molecule has 122 valence electrons. The van der Waals surface area contributed by atoms with E-state index >= 15 is 0 Å². The zero-order valence-electron chi connectivity index (χ0n) is 12.8. The Labute approximate surface area is 145 Å². The van der Waals surface area contributed by atoms with Crippen molar-refractivity contribution in [2.24, 2.45) is 0 Å². The van der Waals surface area contributed by atoms with Gasteiger partial charge >= 0.3 is 0 Å². The average molecular weight is 351 g/mol. The number of nitrogens with one attached hydrogen (secondary N) is 1. The molecule has 3 rings (SSSR count). The summed E-state index contributed by atoms with van der Waals surface area (Å²) in [6.07, 6.45) is 0. The Hall–Kier alpha value is -1.40. The maximum atomic E-state index is 12.2. The molecule has 0 bridgehead atoms. The number of hydrogen-bond donors (Lipinski definition) is 1. The number of ether oxygens (including phenoxy) is 1. The lowest BCUT2D eigenvalue weighted by Crippen LogP contribution is -2.41. The third-order valence-corrected chi connectivity index (χ3v) is 5.16. The predicted molar refractivity (Wildman–Crippen MR) is 94.4 cm³/mol. The van der Waals surface area contributed by atoms with Crippen LogP contribution < -0.4 is 5.32 Å². The minimum Gasteiger partial charge on any atom is -0.379 e. The van der Waals surface area contributed by atoms with Gasteiger partial charge in [-0.15, -0.1) is 11.3 Å². The van der Waals surface area contributed by atoms with E-state index in [9.17, 15) is 4.79 Å². The van der Waals surface area contributed by atoms with Crippen molar-refractivity contribution in [1.29, 1.82) is 0 Å². The monoisotopic (exact) mass is 350 g/mol. The zero-order valence-corrected chi connectivity index (χ0v) is 14.3. The van der Waals surface area contributed by atoms with Crippen LogP contribution in [0.1, 0.15) is 9.67 Å². The maximum absolute atomic E-state index is 12.2. The van der Waals surface area contributed by atoms with E-state index in [4.69, 9.17) is 16.3 Å². The molecule has 0 atom stereocenters. The molecule has 2 heterocycles.